The molecule has 0 amide bonds. The molecule has 0 aliphatic heterocycles. The summed E-state index contributed by atoms with van der Waals surface area (Å²) in [6.07, 6.45) is 0. The first kappa shape index (κ1) is 59.8. The van der Waals surface area contributed by atoms with Crippen LogP contribution in [0.2, 0.25) is 0 Å². The molecule has 0 rings (SSSR count). The van der Waals surface area contributed by atoms with E-state index in [-0.39, 0.29) is 219 Å². The van der Waals surface area contributed by atoms with Gasteiger partial charge in [-0.1, -0.05) is 0 Å². The van der Waals surface area contributed by atoms with Gasteiger partial charge >= 0.3 is 126 Å². The molecule has 0 spiro atoms. The molecular weight excluding hydrogens is 588 g/mol. The number of hydrogen-bond acceptors (Lipinski definition) is 0. The van der Waals surface area contributed by atoms with Crippen LogP contribution < -0.4 is 0 Å². The molecule has 0 aliphatic rings. The minimum atomic E-state index is 0. The third-order valence-corrected chi connectivity index (χ3v) is 0. The van der Waals surface area contributed by atoms with Crippen LogP contribution in [0.4, 0.5) is 0 Å². The van der Waals surface area contributed by atoms with Crippen molar-refractivity contribution in [3.63, 3.8) is 0 Å². The fraction of sp³-hybridized carbons (Fsp3) is 0. The first-order valence-electron chi connectivity index (χ1n) is 0. The van der Waals surface area contributed by atoms with Crippen molar-refractivity contribution in [2.24, 2.45) is 0 Å². The fourth-order valence-electron chi connectivity index (χ4n) is 0. The van der Waals surface area contributed by atoms with Gasteiger partial charge in [0.25, 0.3) is 0 Å². The van der Waals surface area contributed by atoms with Crippen molar-refractivity contribution >= 4 is 126 Å². The first-order chi connectivity index (χ1) is 0. The van der Waals surface area contributed by atoms with Crippen LogP contribution >= 0.6 is 0 Å². The normalized spacial score (nSPS) is 0. The van der Waals surface area contributed by atoms with Crippen LogP contribution in [0.3, 0.4) is 0 Å². The summed E-state index contributed by atoms with van der Waals surface area (Å²) in [7, 11) is 0. The summed E-state index contributed by atoms with van der Waals surface area (Å²) in [6, 6.07) is 0. The van der Waals surface area contributed by atoms with E-state index in [1.165, 1.54) is 0 Å². The molecule has 0 fully saturated rings. The predicted molar refractivity (Wildman–Crippen MR) is 31.4 cm³/mol. The molecule has 0 aromatic carbocycles. The van der Waals surface area contributed by atoms with E-state index in [0.29, 0.717) is 0 Å². The van der Waals surface area contributed by atoms with Gasteiger partial charge < -0.3 is 0 Å². The van der Waals surface area contributed by atoms with E-state index in [0.717, 1.165) is 0 Å². The summed E-state index contributed by atoms with van der Waals surface area (Å²) < 4.78 is 0. The van der Waals surface area contributed by atoms with E-state index in [1.807, 2.05) is 0 Å². The molecule has 0 unspecified atom stereocenters. The van der Waals surface area contributed by atoms with Crippen LogP contribution in [0, 0.1) is 41.7 Å². The summed E-state index contributed by atoms with van der Waals surface area (Å²) >= 11 is 0. The Morgan fingerprint density at radius 2 is 1.00 bits per heavy atom. The molecule has 0 heterocycles. The van der Waals surface area contributed by atoms with E-state index in [2.05, 4.69) is 0 Å². The summed E-state index contributed by atoms with van der Waals surface area (Å²) in [5, 5.41) is 0. The van der Waals surface area contributed by atoms with Crippen molar-refractivity contribution in [2.75, 3.05) is 0 Å². The van der Waals surface area contributed by atoms with Crippen LogP contribution in [0.5, 0.6) is 0 Å². The SMILES string of the molecule is [BiH3].[Ce].[Co].[Fe].[KH].[LiH].[Mn].[NaH]. The molecule has 0 N–H and O–H groups in total. The van der Waals surface area contributed by atoms with Gasteiger partial charge in [0.15, 0.2) is 0 Å². The van der Waals surface area contributed by atoms with Crippen LogP contribution in [0.1, 0.15) is 0 Å². The second-order valence-electron chi connectivity index (χ2n) is 0. The van der Waals surface area contributed by atoms with E-state index in [9.17, 15) is 0 Å². The average Bonchev–Trinajstić information content (AvgIpc) is 0. The topological polar surface area (TPSA) is 0 Å². The van der Waals surface area contributed by atoms with Gasteiger partial charge in [0, 0.05) is 92.7 Å². The summed E-state index contributed by atoms with van der Waals surface area (Å²) in [5.74, 6) is 0. The first-order valence-corrected chi connectivity index (χ1v) is 0. The molecule has 0 atom stereocenters. The Kier molecular flexibility index (Phi) is 360. The van der Waals surface area contributed by atoms with Crippen molar-refractivity contribution in [3.05, 3.63) is 0 Å². The Labute approximate surface area is 212 Å². The van der Waals surface area contributed by atoms with Crippen molar-refractivity contribution in [2.45, 2.75) is 0 Å². The Hall–Kier alpha value is 7.04. The monoisotopic (exact) mass is 594 g/mol. The Balaban J connectivity index is 0. The second kappa shape index (κ2) is 48.2. The van der Waals surface area contributed by atoms with Gasteiger partial charge in [-0.25, -0.2) is 0 Å². The molecule has 0 bridgehead atoms. The molecule has 0 aromatic heterocycles. The predicted octanol–water partition coefficient (Wildman–Crippen LogP) is -3.14. The molecule has 0 aromatic rings. The molecule has 0 saturated carbocycles. The molecule has 8 heavy (non-hydrogen) atoms. The van der Waals surface area contributed by atoms with Gasteiger partial charge in [-0.2, -0.15) is 0 Å². The van der Waals surface area contributed by atoms with Crippen LogP contribution in [-0.4, -0.2) is 126 Å². The molecule has 0 aliphatic carbocycles. The summed E-state index contributed by atoms with van der Waals surface area (Å²) in [4.78, 5) is 0. The zero-order valence-corrected chi connectivity index (χ0v) is 14.2. The molecule has 2 radical (unpaired) electrons. The standard InChI is InChI=1S/Bi.Ce.Co.Fe.K.Li.Mn.Na.6H. The van der Waals surface area contributed by atoms with Gasteiger partial charge in [0.05, 0.1) is 0 Å². The van der Waals surface area contributed by atoms with Crippen LogP contribution in [0.25, 0.3) is 0 Å². The Morgan fingerprint density at radius 1 is 1.00 bits per heavy atom. The van der Waals surface area contributed by atoms with Crippen molar-refractivity contribution < 1.29 is 92.7 Å². The van der Waals surface area contributed by atoms with Crippen LogP contribution in [0.15, 0.2) is 0 Å². The Morgan fingerprint density at radius 3 is 1.00 bits per heavy atom. The molecule has 42 valence electrons. The number of rotatable bonds is 0. The molecule has 0 nitrogen and oxygen atoms in total. The average molecular weight is 594 g/mol. The maximum atomic E-state index is 0. The third-order valence-electron chi connectivity index (χ3n) is 0. The van der Waals surface area contributed by atoms with E-state index < -0.39 is 0 Å². The van der Waals surface area contributed by atoms with Gasteiger partial charge in [0.2, 0.25) is 0 Å². The van der Waals surface area contributed by atoms with Crippen LogP contribution in [-0.2, 0) is 50.9 Å². The Bertz CT molecular complexity index is 24.0. The van der Waals surface area contributed by atoms with Gasteiger partial charge in [-0.05, 0) is 0 Å². The third kappa shape index (κ3) is 38.1. The maximum absolute atomic E-state index is 0. The second-order valence-corrected chi connectivity index (χ2v) is 0. The van der Waals surface area contributed by atoms with Crippen molar-refractivity contribution in [3.8, 4) is 0 Å². The molecular formula is H6BiCeCoFeKLiMnNa. The van der Waals surface area contributed by atoms with E-state index >= 15 is 0 Å². The van der Waals surface area contributed by atoms with E-state index in [1.54, 1.807) is 0 Å². The van der Waals surface area contributed by atoms with Gasteiger partial charge in [0.1, 0.15) is 0 Å². The number of hydrogen-bond donors (Lipinski definition) is 0. The summed E-state index contributed by atoms with van der Waals surface area (Å²) in [5.41, 5.74) is 0. The molecule has 8 heteroatoms. The minimum absolute atomic E-state index is 0. The van der Waals surface area contributed by atoms with E-state index in [4.69, 9.17) is 0 Å². The van der Waals surface area contributed by atoms with Gasteiger partial charge in [-0.15, -0.1) is 0 Å². The zero-order chi connectivity index (χ0) is 0. The molecule has 0 saturated heterocycles. The van der Waals surface area contributed by atoms with Crippen molar-refractivity contribution in [1.82, 2.24) is 0 Å². The fourth-order valence-corrected chi connectivity index (χ4v) is 0. The summed E-state index contributed by atoms with van der Waals surface area (Å²) in [6.45, 7) is 0. The zero-order valence-electron chi connectivity index (χ0n) is 2.27. The van der Waals surface area contributed by atoms with Gasteiger partial charge in [-0.3, -0.25) is 0 Å². The van der Waals surface area contributed by atoms with Crippen molar-refractivity contribution in [1.29, 1.82) is 0 Å². The quantitative estimate of drug-likeness (QED) is 0.261.